The molecule has 0 aliphatic rings. The molecule has 1 heterocycles. The molecule has 0 spiro atoms. The molecule has 2 amide bonds. The minimum atomic E-state index is -4.65. The van der Waals surface area contributed by atoms with Gasteiger partial charge in [0, 0.05) is 5.56 Å². The van der Waals surface area contributed by atoms with Gasteiger partial charge in [-0.15, -0.1) is 5.10 Å². The Labute approximate surface area is 155 Å². The van der Waals surface area contributed by atoms with Crippen LogP contribution in [0.2, 0.25) is 5.02 Å². The summed E-state index contributed by atoms with van der Waals surface area (Å²) in [6, 6.07) is 7.31. The quantitative estimate of drug-likeness (QED) is 0.357. The van der Waals surface area contributed by atoms with Crippen LogP contribution in [0.25, 0.3) is 16.8 Å². The summed E-state index contributed by atoms with van der Waals surface area (Å²) < 4.78 is 41.0. The monoisotopic (exact) mass is 397 g/mol. The summed E-state index contributed by atoms with van der Waals surface area (Å²) in [6.07, 6.45) is -3.38. The third-order valence-corrected chi connectivity index (χ3v) is 3.91. The predicted octanol–water partition coefficient (Wildman–Crippen LogP) is 3.00. The van der Waals surface area contributed by atoms with Gasteiger partial charge in [-0.2, -0.15) is 17.9 Å². The molecule has 0 radical (unpaired) electrons. The van der Waals surface area contributed by atoms with E-state index in [2.05, 4.69) is 20.8 Å². The van der Waals surface area contributed by atoms with Crippen LogP contribution in [0.1, 0.15) is 5.56 Å². The molecule has 8 nitrogen and oxygen atoms in total. The van der Waals surface area contributed by atoms with Crippen molar-refractivity contribution < 1.29 is 18.0 Å². The number of benzene rings is 2. The van der Waals surface area contributed by atoms with Gasteiger partial charge in [-0.1, -0.05) is 23.7 Å². The lowest BCUT2D eigenvalue weighted by molar-refractivity contribution is -0.137. The van der Waals surface area contributed by atoms with Crippen LogP contribution in [0, 0.1) is 0 Å². The minimum absolute atomic E-state index is 0.144. The number of nitrogens with two attached hydrogens (primary N) is 1. The fourth-order valence-corrected chi connectivity index (χ4v) is 2.69. The van der Waals surface area contributed by atoms with Gasteiger partial charge in [0.2, 0.25) is 0 Å². The van der Waals surface area contributed by atoms with Gasteiger partial charge in [0.25, 0.3) is 0 Å². The summed E-state index contributed by atoms with van der Waals surface area (Å²) in [4.78, 5) is 11.6. The number of hydrogen-bond donors (Lipinski definition) is 3. The van der Waals surface area contributed by atoms with Gasteiger partial charge in [-0.25, -0.2) is 10.6 Å². The van der Waals surface area contributed by atoms with Crippen LogP contribution in [0.5, 0.6) is 0 Å². The Kier molecular flexibility index (Phi) is 4.97. The van der Waals surface area contributed by atoms with Crippen molar-refractivity contribution in [2.45, 2.75) is 6.18 Å². The van der Waals surface area contributed by atoms with Gasteiger partial charge < -0.3 is 5.32 Å². The highest BCUT2D eigenvalue weighted by Crippen LogP contribution is 2.40. The van der Waals surface area contributed by atoms with Gasteiger partial charge in [0.1, 0.15) is 6.33 Å². The topological polar surface area (TPSA) is 111 Å². The number of carbonyl (C=O) groups excluding carboxylic acids is 1. The molecule has 1 aromatic heterocycles. The molecule has 0 atom stereocenters. The van der Waals surface area contributed by atoms with Crippen molar-refractivity contribution in [2.24, 2.45) is 5.84 Å². The van der Waals surface area contributed by atoms with E-state index in [0.29, 0.717) is 5.69 Å². The molecule has 27 heavy (non-hydrogen) atoms. The lowest BCUT2D eigenvalue weighted by Gasteiger charge is -2.17. The summed E-state index contributed by atoms with van der Waals surface area (Å²) >= 11 is 5.70. The van der Waals surface area contributed by atoms with E-state index in [1.54, 1.807) is 12.1 Å². The molecule has 3 aromatic rings. The number of hydrazine groups is 1. The maximum absolute atomic E-state index is 13.3. The van der Waals surface area contributed by atoms with Crippen LogP contribution in [0.15, 0.2) is 42.7 Å². The fraction of sp³-hybridized carbons (Fsp3) is 0.0667. The van der Waals surface area contributed by atoms with Gasteiger partial charge in [-0.05, 0) is 40.3 Å². The first-order valence-electron chi connectivity index (χ1n) is 7.32. The molecule has 140 valence electrons. The highest BCUT2D eigenvalue weighted by molar-refractivity contribution is 6.31. The number of amides is 2. The third-order valence-electron chi connectivity index (χ3n) is 3.58. The number of tetrazole rings is 1. The number of urea groups is 1. The van der Waals surface area contributed by atoms with Crippen molar-refractivity contribution in [2.75, 3.05) is 5.32 Å². The third kappa shape index (κ3) is 3.83. The summed E-state index contributed by atoms with van der Waals surface area (Å²) in [5, 5.41) is 12.8. The maximum atomic E-state index is 13.3. The highest BCUT2D eigenvalue weighted by atomic mass is 35.5. The number of aromatic nitrogens is 4. The number of halogens is 4. The Hall–Kier alpha value is -3.18. The highest BCUT2D eigenvalue weighted by Gasteiger charge is 2.33. The molecule has 0 aliphatic carbocycles. The van der Waals surface area contributed by atoms with Gasteiger partial charge in [0.15, 0.2) is 0 Å². The van der Waals surface area contributed by atoms with Crippen molar-refractivity contribution in [3.05, 3.63) is 53.3 Å². The Balaban J connectivity index is 2.25. The molecule has 0 bridgehead atoms. The van der Waals surface area contributed by atoms with Crippen LogP contribution in [0.3, 0.4) is 0 Å². The Morgan fingerprint density at radius 3 is 2.63 bits per heavy atom. The number of alkyl halides is 3. The van der Waals surface area contributed by atoms with Gasteiger partial charge in [-0.3, -0.25) is 5.43 Å². The zero-order chi connectivity index (χ0) is 19.6. The van der Waals surface area contributed by atoms with Gasteiger partial charge in [0.05, 0.1) is 22.0 Å². The number of anilines is 1. The van der Waals surface area contributed by atoms with Crippen molar-refractivity contribution in [1.29, 1.82) is 0 Å². The number of nitrogens with zero attached hydrogens (tertiary/aromatic N) is 4. The number of hydrogen-bond acceptors (Lipinski definition) is 5. The van der Waals surface area contributed by atoms with E-state index in [0.717, 1.165) is 12.1 Å². The van der Waals surface area contributed by atoms with Crippen molar-refractivity contribution in [3.8, 4) is 16.8 Å². The van der Waals surface area contributed by atoms with Crippen LogP contribution in [0.4, 0.5) is 23.7 Å². The average molecular weight is 398 g/mol. The Morgan fingerprint density at radius 2 is 2.00 bits per heavy atom. The molecule has 0 aliphatic heterocycles. The molecule has 0 saturated heterocycles. The van der Waals surface area contributed by atoms with Crippen molar-refractivity contribution in [1.82, 2.24) is 25.6 Å². The first-order valence-corrected chi connectivity index (χ1v) is 7.70. The van der Waals surface area contributed by atoms with Crippen molar-refractivity contribution in [3.63, 3.8) is 0 Å². The SMILES string of the molecule is NNC(=O)Nc1cccc(-n2cnnn2)c1-c1ccc(Cl)c(C(F)(F)F)c1. The second kappa shape index (κ2) is 7.21. The van der Waals surface area contributed by atoms with Gasteiger partial charge >= 0.3 is 12.2 Å². The number of carbonyl (C=O) groups is 1. The molecular formula is C15H11ClF3N7O. The van der Waals surface area contributed by atoms with E-state index < -0.39 is 22.8 Å². The largest absolute Gasteiger partial charge is 0.417 e. The van der Waals surface area contributed by atoms with Crippen LogP contribution in [-0.4, -0.2) is 26.2 Å². The normalized spacial score (nSPS) is 11.3. The van der Waals surface area contributed by atoms with Crippen molar-refractivity contribution >= 4 is 23.3 Å². The molecule has 3 rings (SSSR count). The molecule has 0 fully saturated rings. The van der Waals surface area contributed by atoms with Crippen LogP contribution in [-0.2, 0) is 6.18 Å². The first-order chi connectivity index (χ1) is 12.8. The summed E-state index contributed by atoms with van der Waals surface area (Å²) in [7, 11) is 0. The van der Waals surface area contributed by atoms with Crippen LogP contribution >= 0.6 is 11.6 Å². The average Bonchev–Trinajstić information content (AvgIpc) is 3.15. The van der Waals surface area contributed by atoms with E-state index in [1.165, 1.54) is 23.1 Å². The maximum Gasteiger partial charge on any atom is 0.417 e. The molecule has 0 saturated carbocycles. The summed E-state index contributed by atoms with van der Waals surface area (Å²) in [6.45, 7) is 0. The molecular weight excluding hydrogens is 387 g/mol. The van der Waals surface area contributed by atoms with Crippen LogP contribution < -0.4 is 16.6 Å². The van der Waals surface area contributed by atoms with E-state index in [4.69, 9.17) is 17.4 Å². The number of nitrogens with one attached hydrogen (secondary N) is 2. The zero-order valence-electron chi connectivity index (χ0n) is 13.3. The molecule has 0 unspecified atom stereocenters. The fourth-order valence-electron chi connectivity index (χ4n) is 2.47. The lowest BCUT2D eigenvalue weighted by atomic mass is 9.99. The second-order valence-electron chi connectivity index (χ2n) is 5.24. The Morgan fingerprint density at radius 1 is 1.22 bits per heavy atom. The van der Waals surface area contributed by atoms with E-state index in [-0.39, 0.29) is 16.8 Å². The molecule has 4 N–H and O–H groups in total. The van der Waals surface area contributed by atoms with E-state index in [9.17, 15) is 18.0 Å². The van der Waals surface area contributed by atoms with E-state index in [1.807, 2.05) is 5.43 Å². The number of rotatable bonds is 3. The first kappa shape index (κ1) is 18.6. The summed E-state index contributed by atoms with van der Waals surface area (Å²) in [5.74, 6) is 5.08. The zero-order valence-corrected chi connectivity index (χ0v) is 14.1. The lowest BCUT2D eigenvalue weighted by Crippen LogP contribution is -2.34. The predicted molar refractivity (Wildman–Crippen MR) is 90.9 cm³/mol. The van der Waals surface area contributed by atoms with E-state index >= 15 is 0 Å². The Bertz CT molecular complexity index is 976. The smallest absolute Gasteiger partial charge is 0.306 e. The second-order valence-corrected chi connectivity index (χ2v) is 5.65. The molecule has 12 heteroatoms. The molecule has 2 aromatic carbocycles. The minimum Gasteiger partial charge on any atom is -0.306 e. The standard InChI is InChI=1S/C15H11ClF3N7O/c16-10-5-4-8(6-9(10)15(17,18)19)13-11(22-14(27)23-20)2-1-3-12(13)26-7-21-24-25-26/h1-7H,20H2,(H2,22,23,27). The summed E-state index contributed by atoms with van der Waals surface area (Å²) in [5.41, 5.74) is 1.80.